The normalized spacial score (nSPS) is 19.4. The Labute approximate surface area is 257 Å². The van der Waals surface area contributed by atoms with Crippen LogP contribution in [0.15, 0.2) is 54.9 Å². The molecule has 45 heavy (non-hydrogen) atoms. The summed E-state index contributed by atoms with van der Waals surface area (Å²) in [5.74, 6) is -0.449. The van der Waals surface area contributed by atoms with Crippen molar-refractivity contribution in [1.29, 1.82) is 0 Å². The molecule has 6 rings (SSSR count). The highest BCUT2D eigenvalue weighted by Gasteiger charge is 2.31. The molecule has 0 spiro atoms. The molecule has 5 N–H and O–H groups in total. The number of nitrogen functional groups attached to an aromatic ring is 1. The highest BCUT2D eigenvalue weighted by molar-refractivity contribution is 6.06. The molecule has 2 bridgehead atoms. The van der Waals surface area contributed by atoms with Crippen molar-refractivity contribution in [3.8, 4) is 11.3 Å². The summed E-state index contributed by atoms with van der Waals surface area (Å²) in [5.41, 5.74) is 8.84. The number of carbonyl (C=O) groups is 2. The van der Waals surface area contributed by atoms with Gasteiger partial charge in [0.25, 0.3) is 5.91 Å². The molecule has 3 aromatic heterocycles. The van der Waals surface area contributed by atoms with Crippen LogP contribution >= 0.6 is 0 Å². The number of hydrogen-bond acceptors (Lipinski definition) is 7. The number of aromatic nitrogens is 4. The minimum Gasteiger partial charge on any atom is -0.383 e. The third kappa shape index (κ3) is 6.68. The number of nitrogens with zero attached hydrogens (tertiary/aromatic N) is 4. The van der Waals surface area contributed by atoms with E-state index in [1.165, 1.54) is 0 Å². The van der Waals surface area contributed by atoms with Crippen molar-refractivity contribution in [2.24, 2.45) is 0 Å². The molecule has 2 amide bonds. The Bertz CT molecular complexity index is 1750. The second-order valence-corrected chi connectivity index (χ2v) is 11.4. The fourth-order valence-corrected chi connectivity index (χ4v) is 5.99. The minimum absolute atomic E-state index is 0.0162. The van der Waals surface area contributed by atoms with E-state index in [0.717, 1.165) is 68.1 Å². The number of carbonyl (C=O) groups excluding carboxylic acids is 2. The van der Waals surface area contributed by atoms with Gasteiger partial charge in [-0.1, -0.05) is 24.3 Å². The van der Waals surface area contributed by atoms with Gasteiger partial charge in [0.15, 0.2) is 0 Å². The molecule has 1 saturated carbocycles. The lowest BCUT2D eigenvalue weighted by molar-refractivity contribution is -0.137. The Kier molecular flexibility index (Phi) is 8.52. The highest BCUT2D eigenvalue weighted by Crippen LogP contribution is 2.39. The summed E-state index contributed by atoms with van der Waals surface area (Å²) in [6, 6.07) is 8.29. The molecule has 0 saturated heterocycles. The Morgan fingerprint density at radius 3 is 2.71 bits per heavy atom. The fraction of sp³-hybridized carbons (Fsp3) is 0.344. The molecule has 2 atom stereocenters. The van der Waals surface area contributed by atoms with E-state index >= 15 is 0 Å². The standard InChI is InChI=1S/C32H33F3N8O2/c33-32(34,35)22-11-15-38-25(16-22)41-31(45)20-9-7-19(8-10-20)28-27-29-21(18-39-30(27)36)4-1-2-13-37-14-12-26(44)40-23-5-3-6-24(17-23)43(29)42-28/h1,4,7-11,15-16,18,23-24,37H,2-3,5-6,12-14,17H2,(H2,36,39)(H,40,44)(H,38,41,45)/t23-,24-/m1/s1. The minimum atomic E-state index is -4.56. The second kappa shape index (κ2) is 12.7. The lowest BCUT2D eigenvalue weighted by atomic mass is 9.90. The maximum Gasteiger partial charge on any atom is 0.416 e. The number of hydrogen-bond donors (Lipinski definition) is 4. The number of amides is 2. The summed E-state index contributed by atoms with van der Waals surface area (Å²) in [4.78, 5) is 33.8. The van der Waals surface area contributed by atoms with E-state index in [2.05, 4.69) is 32.0 Å². The van der Waals surface area contributed by atoms with E-state index in [1.807, 2.05) is 10.8 Å². The van der Waals surface area contributed by atoms with Gasteiger partial charge in [-0.15, -0.1) is 0 Å². The van der Waals surface area contributed by atoms with Crippen molar-refractivity contribution in [1.82, 2.24) is 30.4 Å². The van der Waals surface area contributed by atoms with Crippen molar-refractivity contribution in [2.45, 2.75) is 56.8 Å². The van der Waals surface area contributed by atoms with Crippen molar-refractivity contribution >= 4 is 40.4 Å². The van der Waals surface area contributed by atoms with Crippen molar-refractivity contribution in [2.75, 3.05) is 24.1 Å². The van der Waals surface area contributed by atoms with Crippen molar-refractivity contribution in [3.05, 3.63) is 71.6 Å². The van der Waals surface area contributed by atoms with E-state index in [4.69, 9.17) is 10.8 Å². The molecule has 0 unspecified atom stereocenters. The molecule has 1 aromatic carbocycles. The van der Waals surface area contributed by atoms with Gasteiger partial charge in [0.1, 0.15) is 17.3 Å². The molecular weight excluding hydrogens is 585 g/mol. The zero-order valence-corrected chi connectivity index (χ0v) is 24.4. The van der Waals surface area contributed by atoms with Crippen LogP contribution in [-0.4, -0.2) is 50.7 Å². The first-order chi connectivity index (χ1) is 21.7. The smallest absolute Gasteiger partial charge is 0.383 e. The van der Waals surface area contributed by atoms with E-state index in [0.29, 0.717) is 35.4 Å². The van der Waals surface area contributed by atoms with Crippen LogP contribution in [-0.2, 0) is 11.0 Å². The first kappa shape index (κ1) is 30.3. The Hall–Kier alpha value is -4.78. The van der Waals surface area contributed by atoms with Crippen LogP contribution in [0.25, 0.3) is 28.2 Å². The van der Waals surface area contributed by atoms with Gasteiger partial charge in [0.05, 0.1) is 22.5 Å². The number of rotatable bonds is 3. The monoisotopic (exact) mass is 618 g/mol. The van der Waals surface area contributed by atoms with E-state index in [-0.39, 0.29) is 29.4 Å². The molecule has 234 valence electrons. The number of fused-ring (bicyclic) bond motifs is 3. The zero-order valence-electron chi connectivity index (χ0n) is 24.4. The number of alkyl halides is 3. The van der Waals surface area contributed by atoms with Gasteiger partial charge < -0.3 is 21.7 Å². The van der Waals surface area contributed by atoms with Gasteiger partial charge in [0.2, 0.25) is 5.91 Å². The maximum atomic E-state index is 13.1. The summed E-state index contributed by atoms with van der Waals surface area (Å²) in [6.07, 6.45) is 6.91. The molecule has 2 aliphatic rings. The average molecular weight is 619 g/mol. The number of nitrogens with two attached hydrogens (primary N) is 1. The van der Waals surface area contributed by atoms with Crippen molar-refractivity contribution < 1.29 is 22.8 Å². The summed E-state index contributed by atoms with van der Waals surface area (Å²) in [6.45, 7) is 1.35. The van der Waals surface area contributed by atoms with Crippen molar-refractivity contribution in [3.63, 3.8) is 0 Å². The number of benzene rings is 1. The third-order valence-corrected chi connectivity index (χ3v) is 8.20. The predicted octanol–water partition coefficient (Wildman–Crippen LogP) is 5.34. The molecule has 4 aromatic rings. The quantitative estimate of drug-likeness (QED) is 0.243. The van der Waals surface area contributed by atoms with E-state index < -0.39 is 17.6 Å². The molecule has 1 fully saturated rings. The summed E-state index contributed by atoms with van der Waals surface area (Å²) in [5, 5.41) is 14.7. The number of halogens is 3. The topological polar surface area (TPSA) is 140 Å². The molecule has 10 nitrogen and oxygen atoms in total. The van der Waals surface area contributed by atoms with Crippen LogP contribution in [0.1, 0.15) is 66.1 Å². The molecule has 13 heteroatoms. The third-order valence-electron chi connectivity index (χ3n) is 8.20. The fourth-order valence-electron chi connectivity index (χ4n) is 5.99. The van der Waals surface area contributed by atoms with E-state index in [9.17, 15) is 22.8 Å². The van der Waals surface area contributed by atoms with Crippen LogP contribution < -0.4 is 21.7 Å². The first-order valence-corrected chi connectivity index (χ1v) is 15.0. The van der Waals surface area contributed by atoms with Gasteiger partial charge in [-0.3, -0.25) is 14.3 Å². The van der Waals surface area contributed by atoms with Crippen LogP contribution in [0.4, 0.5) is 24.8 Å². The van der Waals surface area contributed by atoms with E-state index in [1.54, 1.807) is 30.5 Å². The van der Waals surface area contributed by atoms with Crippen LogP contribution in [0.2, 0.25) is 0 Å². The molecule has 0 radical (unpaired) electrons. The first-order valence-electron chi connectivity index (χ1n) is 15.0. The van der Waals surface area contributed by atoms with Crippen LogP contribution in [0.3, 0.4) is 0 Å². The average Bonchev–Trinajstić information content (AvgIpc) is 3.43. The van der Waals surface area contributed by atoms with Crippen LogP contribution in [0, 0.1) is 0 Å². The lowest BCUT2D eigenvalue weighted by Crippen LogP contribution is -2.40. The molecule has 4 heterocycles. The Morgan fingerprint density at radius 1 is 1.09 bits per heavy atom. The summed E-state index contributed by atoms with van der Waals surface area (Å²) >= 11 is 0. The SMILES string of the molecule is Nc1ncc2c3c1c(-c1ccc(C(=O)Nc4cc(C(F)(F)F)ccn4)cc1)nn3[C@@H]1CCC[C@H](C1)NC(=O)CCNCCC=C2. The van der Waals surface area contributed by atoms with Crippen LogP contribution in [0.5, 0.6) is 0 Å². The maximum absolute atomic E-state index is 13.1. The van der Waals surface area contributed by atoms with Gasteiger partial charge >= 0.3 is 6.18 Å². The van der Waals surface area contributed by atoms with Gasteiger partial charge in [0, 0.05) is 48.1 Å². The molecule has 1 aliphatic carbocycles. The number of nitrogens with one attached hydrogen (secondary N) is 3. The predicted molar refractivity (Wildman–Crippen MR) is 165 cm³/mol. The number of anilines is 2. The summed E-state index contributed by atoms with van der Waals surface area (Å²) in [7, 11) is 0. The Balaban J connectivity index is 1.35. The zero-order chi connectivity index (χ0) is 31.6. The highest BCUT2D eigenvalue weighted by atomic mass is 19.4. The Morgan fingerprint density at radius 2 is 1.91 bits per heavy atom. The van der Waals surface area contributed by atoms with Gasteiger partial charge in [-0.05, 0) is 62.9 Å². The largest absolute Gasteiger partial charge is 0.416 e. The molecular formula is C32H33F3N8O2. The lowest BCUT2D eigenvalue weighted by Gasteiger charge is -2.30. The molecule has 1 aliphatic heterocycles. The summed E-state index contributed by atoms with van der Waals surface area (Å²) < 4.78 is 41.3. The second-order valence-electron chi connectivity index (χ2n) is 11.4. The number of pyridine rings is 2. The van der Waals surface area contributed by atoms with Gasteiger partial charge in [-0.2, -0.15) is 18.3 Å². The van der Waals surface area contributed by atoms with Gasteiger partial charge in [-0.25, -0.2) is 9.97 Å².